The SMILES string of the molecule is COC1(c2nccc(CCN)n2)CCCCCC1. The van der Waals surface area contributed by atoms with Crippen molar-refractivity contribution in [2.45, 2.75) is 50.5 Å². The van der Waals surface area contributed by atoms with E-state index in [1.807, 2.05) is 12.3 Å². The van der Waals surface area contributed by atoms with Crippen LogP contribution in [0.3, 0.4) is 0 Å². The van der Waals surface area contributed by atoms with E-state index in [1.165, 1.54) is 25.7 Å². The number of methoxy groups -OCH3 is 1. The first-order valence-electron chi connectivity index (χ1n) is 6.88. The fourth-order valence-electron chi connectivity index (χ4n) is 2.72. The van der Waals surface area contributed by atoms with Crippen molar-refractivity contribution < 1.29 is 4.74 Å². The second kappa shape index (κ2) is 6.25. The highest BCUT2D eigenvalue weighted by Crippen LogP contribution is 2.37. The molecule has 0 saturated heterocycles. The molecule has 0 aromatic carbocycles. The van der Waals surface area contributed by atoms with E-state index < -0.39 is 0 Å². The molecule has 0 amide bonds. The number of hydrogen-bond acceptors (Lipinski definition) is 4. The van der Waals surface area contributed by atoms with Gasteiger partial charge in [-0.2, -0.15) is 0 Å². The van der Waals surface area contributed by atoms with Gasteiger partial charge in [0.05, 0.1) is 0 Å². The Morgan fingerprint density at radius 3 is 2.61 bits per heavy atom. The van der Waals surface area contributed by atoms with Crippen molar-refractivity contribution in [3.8, 4) is 0 Å². The second-order valence-corrected chi connectivity index (χ2v) is 5.02. The molecule has 1 aliphatic carbocycles. The van der Waals surface area contributed by atoms with Gasteiger partial charge < -0.3 is 10.5 Å². The van der Waals surface area contributed by atoms with Crippen molar-refractivity contribution in [2.24, 2.45) is 5.73 Å². The molecule has 2 rings (SSSR count). The highest BCUT2D eigenvalue weighted by molar-refractivity contribution is 5.09. The molecular weight excluding hydrogens is 226 g/mol. The van der Waals surface area contributed by atoms with Crippen LogP contribution in [0.1, 0.15) is 50.0 Å². The molecule has 1 heterocycles. The number of ether oxygens (including phenoxy) is 1. The Labute approximate surface area is 109 Å². The average Bonchev–Trinajstić information content (AvgIpc) is 2.66. The molecule has 0 aliphatic heterocycles. The maximum Gasteiger partial charge on any atom is 0.160 e. The molecule has 1 aliphatic rings. The van der Waals surface area contributed by atoms with Gasteiger partial charge >= 0.3 is 0 Å². The molecule has 0 atom stereocenters. The van der Waals surface area contributed by atoms with Crippen molar-refractivity contribution in [1.82, 2.24) is 9.97 Å². The molecule has 4 heteroatoms. The highest BCUT2D eigenvalue weighted by Gasteiger charge is 2.35. The molecule has 100 valence electrons. The van der Waals surface area contributed by atoms with Gasteiger partial charge in [0, 0.05) is 25.4 Å². The molecule has 0 unspecified atom stereocenters. The molecule has 1 aromatic rings. The Balaban J connectivity index is 2.27. The van der Waals surface area contributed by atoms with Crippen LogP contribution in [-0.2, 0) is 16.8 Å². The van der Waals surface area contributed by atoms with Crippen molar-refractivity contribution in [2.75, 3.05) is 13.7 Å². The Morgan fingerprint density at radius 2 is 2.00 bits per heavy atom. The number of hydrogen-bond donors (Lipinski definition) is 1. The third kappa shape index (κ3) is 2.87. The van der Waals surface area contributed by atoms with Gasteiger partial charge in [0.25, 0.3) is 0 Å². The molecule has 1 fully saturated rings. The van der Waals surface area contributed by atoms with E-state index in [9.17, 15) is 0 Å². The number of nitrogens with zero attached hydrogens (tertiary/aromatic N) is 2. The molecular formula is C14H23N3O. The van der Waals surface area contributed by atoms with Gasteiger partial charge in [-0.05, 0) is 25.5 Å². The van der Waals surface area contributed by atoms with Crippen LogP contribution in [-0.4, -0.2) is 23.6 Å². The smallest absolute Gasteiger partial charge is 0.160 e. The summed E-state index contributed by atoms with van der Waals surface area (Å²) < 4.78 is 5.82. The highest BCUT2D eigenvalue weighted by atomic mass is 16.5. The maximum absolute atomic E-state index is 5.82. The van der Waals surface area contributed by atoms with Gasteiger partial charge in [-0.3, -0.25) is 0 Å². The number of aromatic nitrogens is 2. The number of nitrogens with two attached hydrogens (primary N) is 1. The van der Waals surface area contributed by atoms with E-state index >= 15 is 0 Å². The summed E-state index contributed by atoms with van der Waals surface area (Å²) in [5.74, 6) is 0.845. The second-order valence-electron chi connectivity index (χ2n) is 5.02. The minimum absolute atomic E-state index is 0.277. The summed E-state index contributed by atoms with van der Waals surface area (Å²) in [5.41, 5.74) is 6.33. The zero-order chi connectivity index (χ0) is 12.8. The first-order chi connectivity index (χ1) is 8.80. The summed E-state index contributed by atoms with van der Waals surface area (Å²) in [6.07, 6.45) is 9.64. The third-order valence-corrected chi connectivity index (χ3v) is 3.82. The Morgan fingerprint density at radius 1 is 1.28 bits per heavy atom. The van der Waals surface area contributed by atoms with E-state index in [4.69, 9.17) is 10.5 Å². The van der Waals surface area contributed by atoms with E-state index in [2.05, 4.69) is 9.97 Å². The topological polar surface area (TPSA) is 61.0 Å². The molecule has 0 radical (unpaired) electrons. The summed E-state index contributed by atoms with van der Waals surface area (Å²) in [6, 6.07) is 1.94. The fourth-order valence-corrected chi connectivity index (χ4v) is 2.72. The lowest BCUT2D eigenvalue weighted by molar-refractivity contribution is -0.0353. The quantitative estimate of drug-likeness (QED) is 0.831. The molecule has 0 spiro atoms. The van der Waals surface area contributed by atoms with Crippen LogP contribution >= 0.6 is 0 Å². The Hall–Kier alpha value is -1.00. The van der Waals surface area contributed by atoms with Crippen LogP contribution in [0.5, 0.6) is 0 Å². The molecule has 2 N–H and O–H groups in total. The zero-order valence-electron chi connectivity index (χ0n) is 11.2. The summed E-state index contributed by atoms with van der Waals surface area (Å²) in [5, 5.41) is 0. The Bertz CT molecular complexity index is 373. The predicted octanol–water partition coefficient (Wildman–Crippen LogP) is 2.17. The van der Waals surface area contributed by atoms with Crippen LogP contribution < -0.4 is 5.73 Å². The summed E-state index contributed by atoms with van der Waals surface area (Å²) >= 11 is 0. The van der Waals surface area contributed by atoms with Crippen molar-refractivity contribution in [3.05, 3.63) is 23.8 Å². The van der Waals surface area contributed by atoms with Crippen LogP contribution in [0.25, 0.3) is 0 Å². The van der Waals surface area contributed by atoms with E-state index in [0.29, 0.717) is 6.54 Å². The summed E-state index contributed by atoms with van der Waals surface area (Å²) in [4.78, 5) is 9.11. The van der Waals surface area contributed by atoms with E-state index in [1.54, 1.807) is 7.11 Å². The van der Waals surface area contributed by atoms with Gasteiger partial charge in [0.15, 0.2) is 5.82 Å². The van der Waals surface area contributed by atoms with Gasteiger partial charge in [-0.1, -0.05) is 25.7 Å². The zero-order valence-corrected chi connectivity index (χ0v) is 11.2. The van der Waals surface area contributed by atoms with Crippen molar-refractivity contribution in [1.29, 1.82) is 0 Å². The molecule has 18 heavy (non-hydrogen) atoms. The summed E-state index contributed by atoms with van der Waals surface area (Å²) in [7, 11) is 1.78. The summed E-state index contributed by atoms with van der Waals surface area (Å²) in [6.45, 7) is 0.621. The molecule has 4 nitrogen and oxygen atoms in total. The van der Waals surface area contributed by atoms with Gasteiger partial charge in [-0.25, -0.2) is 9.97 Å². The van der Waals surface area contributed by atoms with Gasteiger partial charge in [-0.15, -0.1) is 0 Å². The lowest BCUT2D eigenvalue weighted by Gasteiger charge is -2.29. The van der Waals surface area contributed by atoms with Crippen LogP contribution in [0.15, 0.2) is 12.3 Å². The molecule has 1 aromatic heterocycles. The first-order valence-corrected chi connectivity index (χ1v) is 6.88. The first kappa shape index (κ1) is 13.4. The van der Waals surface area contributed by atoms with E-state index in [0.717, 1.165) is 30.8 Å². The monoisotopic (exact) mass is 249 g/mol. The Kier molecular flexibility index (Phi) is 4.66. The number of rotatable bonds is 4. The largest absolute Gasteiger partial charge is 0.370 e. The van der Waals surface area contributed by atoms with Crippen molar-refractivity contribution >= 4 is 0 Å². The molecule has 0 bridgehead atoms. The van der Waals surface area contributed by atoms with Crippen molar-refractivity contribution in [3.63, 3.8) is 0 Å². The fraction of sp³-hybridized carbons (Fsp3) is 0.714. The maximum atomic E-state index is 5.82. The molecule has 1 saturated carbocycles. The van der Waals surface area contributed by atoms with Gasteiger partial charge in [0.1, 0.15) is 5.60 Å². The lowest BCUT2D eigenvalue weighted by Crippen LogP contribution is -2.30. The van der Waals surface area contributed by atoms with Gasteiger partial charge in [0.2, 0.25) is 0 Å². The standard InChI is InChI=1S/C14H23N3O/c1-18-14(8-4-2-3-5-9-14)13-16-11-7-12(17-13)6-10-15/h7,11H,2-6,8-10,15H2,1H3. The minimum Gasteiger partial charge on any atom is -0.370 e. The predicted molar refractivity (Wildman–Crippen MR) is 71.2 cm³/mol. The van der Waals surface area contributed by atoms with E-state index in [-0.39, 0.29) is 5.60 Å². The van der Waals surface area contributed by atoms with Crippen LogP contribution in [0.4, 0.5) is 0 Å². The lowest BCUT2D eigenvalue weighted by atomic mass is 9.93. The van der Waals surface area contributed by atoms with Crippen LogP contribution in [0.2, 0.25) is 0 Å². The van der Waals surface area contributed by atoms with Crippen LogP contribution in [0, 0.1) is 0 Å². The average molecular weight is 249 g/mol. The minimum atomic E-state index is -0.277. The normalized spacial score (nSPS) is 19.4. The third-order valence-electron chi connectivity index (χ3n) is 3.82.